The van der Waals surface area contributed by atoms with Gasteiger partial charge in [-0.2, -0.15) is 0 Å². The lowest BCUT2D eigenvalue weighted by atomic mass is 10.2. The van der Waals surface area contributed by atoms with Crippen LogP contribution in [0.5, 0.6) is 0 Å². The van der Waals surface area contributed by atoms with Gasteiger partial charge in [0.2, 0.25) is 11.8 Å². The number of para-hydroxylation sites is 1. The van der Waals surface area contributed by atoms with E-state index in [1.54, 1.807) is 17.0 Å². The minimum absolute atomic E-state index is 0.0619. The van der Waals surface area contributed by atoms with Crippen molar-refractivity contribution in [3.05, 3.63) is 66.7 Å². The summed E-state index contributed by atoms with van der Waals surface area (Å²) >= 11 is 0. The lowest BCUT2D eigenvalue weighted by molar-refractivity contribution is -0.117. The van der Waals surface area contributed by atoms with E-state index >= 15 is 0 Å². The molecule has 5 nitrogen and oxygen atoms in total. The molecule has 0 atom stereocenters. The number of rotatable bonds is 9. The van der Waals surface area contributed by atoms with Crippen molar-refractivity contribution in [2.24, 2.45) is 0 Å². The molecule has 0 bridgehead atoms. The van der Waals surface area contributed by atoms with Gasteiger partial charge in [-0.05, 0) is 49.7 Å². The number of hydrogen-bond donors (Lipinski definition) is 1. The van der Waals surface area contributed by atoms with Crippen molar-refractivity contribution in [2.45, 2.75) is 26.7 Å². The zero-order valence-corrected chi connectivity index (χ0v) is 15.9. The summed E-state index contributed by atoms with van der Waals surface area (Å²) in [5.74, 6) is -0.138. The Hall–Kier alpha value is -2.92. The highest BCUT2D eigenvalue weighted by Crippen LogP contribution is 2.26. The van der Waals surface area contributed by atoms with E-state index < -0.39 is 0 Å². The second-order valence-corrected chi connectivity index (χ2v) is 6.40. The molecule has 5 heteroatoms. The third-order valence-corrected chi connectivity index (χ3v) is 3.78. The minimum Gasteiger partial charge on any atom is -0.377 e. The van der Waals surface area contributed by atoms with Crippen molar-refractivity contribution in [1.82, 2.24) is 0 Å². The van der Waals surface area contributed by atoms with Gasteiger partial charge in [0, 0.05) is 37.0 Å². The molecule has 27 heavy (non-hydrogen) atoms. The standard InChI is InChI=1S/C22H26N2O3/c1-17(2)16-27-15-7-10-22(26)23-19-11-13-21(14-12-19)24(18(3)25)20-8-5-4-6-9-20/h4-6,8-9,11-14H,1,7,10,15-16H2,2-3H3,(H,23,26). The van der Waals surface area contributed by atoms with E-state index in [1.165, 1.54) is 6.92 Å². The smallest absolute Gasteiger partial charge is 0.228 e. The first-order valence-electron chi connectivity index (χ1n) is 8.95. The van der Waals surface area contributed by atoms with E-state index in [9.17, 15) is 9.59 Å². The van der Waals surface area contributed by atoms with E-state index in [-0.39, 0.29) is 11.8 Å². The number of nitrogens with zero attached hydrogens (tertiary/aromatic N) is 1. The maximum Gasteiger partial charge on any atom is 0.228 e. The van der Waals surface area contributed by atoms with Gasteiger partial charge in [0.25, 0.3) is 0 Å². The van der Waals surface area contributed by atoms with E-state index in [2.05, 4.69) is 11.9 Å². The van der Waals surface area contributed by atoms with E-state index in [1.807, 2.05) is 49.4 Å². The molecule has 0 saturated carbocycles. The highest BCUT2D eigenvalue weighted by atomic mass is 16.5. The molecule has 0 fully saturated rings. The van der Waals surface area contributed by atoms with Crippen LogP contribution in [-0.2, 0) is 14.3 Å². The molecule has 0 aliphatic carbocycles. The molecule has 0 unspecified atom stereocenters. The van der Waals surface area contributed by atoms with Crippen LogP contribution in [0.4, 0.5) is 17.1 Å². The first-order chi connectivity index (χ1) is 13.0. The molecule has 2 aromatic carbocycles. The van der Waals surface area contributed by atoms with Gasteiger partial charge in [0.15, 0.2) is 0 Å². The molecule has 0 radical (unpaired) electrons. The number of benzene rings is 2. The van der Waals surface area contributed by atoms with Crippen LogP contribution in [0, 0.1) is 0 Å². The monoisotopic (exact) mass is 366 g/mol. The van der Waals surface area contributed by atoms with Crippen LogP contribution in [0.1, 0.15) is 26.7 Å². The summed E-state index contributed by atoms with van der Waals surface area (Å²) in [5.41, 5.74) is 3.22. The van der Waals surface area contributed by atoms with Crippen LogP contribution in [0.2, 0.25) is 0 Å². The number of carbonyl (C=O) groups is 2. The highest BCUT2D eigenvalue weighted by molar-refractivity contribution is 5.99. The second-order valence-electron chi connectivity index (χ2n) is 6.40. The Kier molecular flexibility index (Phi) is 7.77. The normalized spacial score (nSPS) is 10.3. The zero-order chi connectivity index (χ0) is 19.6. The summed E-state index contributed by atoms with van der Waals surface area (Å²) in [6.07, 6.45) is 1.05. The van der Waals surface area contributed by atoms with Crippen LogP contribution in [0.3, 0.4) is 0 Å². The van der Waals surface area contributed by atoms with Crippen LogP contribution in [0.15, 0.2) is 66.7 Å². The third kappa shape index (κ3) is 6.72. The summed E-state index contributed by atoms with van der Waals surface area (Å²) in [4.78, 5) is 25.7. The van der Waals surface area contributed by atoms with Crippen molar-refractivity contribution < 1.29 is 14.3 Å². The number of amides is 2. The quantitative estimate of drug-likeness (QED) is 0.518. The molecule has 0 aromatic heterocycles. The van der Waals surface area contributed by atoms with Crippen LogP contribution in [-0.4, -0.2) is 25.0 Å². The Balaban J connectivity index is 1.91. The zero-order valence-electron chi connectivity index (χ0n) is 15.9. The third-order valence-electron chi connectivity index (χ3n) is 3.78. The van der Waals surface area contributed by atoms with Gasteiger partial charge < -0.3 is 10.1 Å². The number of carbonyl (C=O) groups excluding carboxylic acids is 2. The Morgan fingerprint density at radius 2 is 1.63 bits per heavy atom. The van der Waals surface area contributed by atoms with Gasteiger partial charge in [-0.25, -0.2) is 0 Å². The van der Waals surface area contributed by atoms with Crippen molar-refractivity contribution in [3.63, 3.8) is 0 Å². The maximum absolute atomic E-state index is 12.1. The van der Waals surface area contributed by atoms with Crippen LogP contribution < -0.4 is 10.2 Å². The van der Waals surface area contributed by atoms with Gasteiger partial charge in [0.05, 0.1) is 6.61 Å². The highest BCUT2D eigenvalue weighted by Gasteiger charge is 2.13. The maximum atomic E-state index is 12.1. The summed E-state index contributed by atoms with van der Waals surface area (Å²) in [6.45, 7) is 8.25. The summed E-state index contributed by atoms with van der Waals surface area (Å²) in [6, 6.07) is 16.7. The summed E-state index contributed by atoms with van der Waals surface area (Å²) in [5, 5.41) is 2.86. The van der Waals surface area contributed by atoms with E-state index in [0.717, 1.165) is 16.9 Å². The Bertz CT molecular complexity index is 770. The fourth-order valence-corrected chi connectivity index (χ4v) is 2.59. The molecule has 142 valence electrons. The van der Waals surface area contributed by atoms with Gasteiger partial charge in [-0.1, -0.05) is 30.4 Å². The Labute approximate surface area is 160 Å². The Morgan fingerprint density at radius 1 is 1.00 bits per heavy atom. The molecule has 0 spiro atoms. The average Bonchev–Trinajstić information content (AvgIpc) is 2.63. The molecule has 2 rings (SSSR count). The molecule has 0 aliphatic rings. The molecule has 0 saturated heterocycles. The minimum atomic E-state index is -0.0762. The van der Waals surface area contributed by atoms with Crippen LogP contribution >= 0.6 is 0 Å². The van der Waals surface area contributed by atoms with E-state index in [0.29, 0.717) is 31.7 Å². The van der Waals surface area contributed by atoms with Crippen molar-refractivity contribution in [3.8, 4) is 0 Å². The van der Waals surface area contributed by atoms with Gasteiger partial charge in [-0.3, -0.25) is 14.5 Å². The van der Waals surface area contributed by atoms with Crippen LogP contribution in [0.25, 0.3) is 0 Å². The van der Waals surface area contributed by atoms with Gasteiger partial charge in [0.1, 0.15) is 0 Å². The van der Waals surface area contributed by atoms with Gasteiger partial charge in [-0.15, -0.1) is 0 Å². The molecule has 2 amide bonds. The number of ether oxygens (including phenoxy) is 1. The summed E-state index contributed by atoms with van der Waals surface area (Å²) in [7, 11) is 0. The number of nitrogens with one attached hydrogen (secondary N) is 1. The number of hydrogen-bond acceptors (Lipinski definition) is 3. The largest absolute Gasteiger partial charge is 0.377 e. The lowest BCUT2D eigenvalue weighted by Gasteiger charge is -2.21. The fourth-order valence-electron chi connectivity index (χ4n) is 2.59. The molecule has 0 heterocycles. The first-order valence-corrected chi connectivity index (χ1v) is 8.95. The SMILES string of the molecule is C=C(C)COCCCC(=O)Nc1ccc(N(C(C)=O)c2ccccc2)cc1. The van der Waals surface area contributed by atoms with Crippen molar-refractivity contribution in [1.29, 1.82) is 0 Å². The molecule has 0 aliphatic heterocycles. The Morgan fingerprint density at radius 3 is 2.22 bits per heavy atom. The molecular weight excluding hydrogens is 340 g/mol. The average molecular weight is 366 g/mol. The van der Waals surface area contributed by atoms with Gasteiger partial charge >= 0.3 is 0 Å². The van der Waals surface area contributed by atoms with E-state index in [4.69, 9.17) is 4.74 Å². The fraction of sp³-hybridized carbons (Fsp3) is 0.273. The second kappa shape index (κ2) is 10.3. The number of anilines is 3. The lowest BCUT2D eigenvalue weighted by Crippen LogP contribution is -2.22. The molecule has 2 aromatic rings. The predicted octanol–water partition coefficient (Wildman–Crippen LogP) is 4.68. The van der Waals surface area contributed by atoms with Crippen molar-refractivity contribution in [2.75, 3.05) is 23.4 Å². The molecular formula is C22H26N2O3. The predicted molar refractivity (Wildman–Crippen MR) is 109 cm³/mol. The first kappa shape index (κ1) is 20.4. The topological polar surface area (TPSA) is 58.6 Å². The molecule has 1 N–H and O–H groups in total. The summed E-state index contributed by atoms with van der Waals surface area (Å²) < 4.78 is 5.39. The van der Waals surface area contributed by atoms with Crippen molar-refractivity contribution >= 4 is 28.9 Å².